The van der Waals surface area contributed by atoms with Gasteiger partial charge in [-0.15, -0.1) is 0 Å². The molecule has 4 nitrogen and oxygen atoms in total. The van der Waals surface area contributed by atoms with Crippen molar-refractivity contribution < 1.29 is 8.42 Å². The summed E-state index contributed by atoms with van der Waals surface area (Å²) < 4.78 is 26.5. The van der Waals surface area contributed by atoms with Crippen LogP contribution >= 0.6 is 0 Å². The van der Waals surface area contributed by atoms with Gasteiger partial charge in [-0.25, -0.2) is 8.42 Å². The molecule has 0 bridgehead atoms. The minimum Gasteiger partial charge on any atom is -0.300 e. The predicted molar refractivity (Wildman–Crippen MR) is 112 cm³/mol. The van der Waals surface area contributed by atoms with Crippen molar-refractivity contribution in [2.75, 3.05) is 30.2 Å². The fourth-order valence-electron chi connectivity index (χ4n) is 5.76. The van der Waals surface area contributed by atoms with Crippen LogP contribution in [0.1, 0.15) is 57.1 Å². The summed E-state index contributed by atoms with van der Waals surface area (Å²) >= 11 is 0. The van der Waals surface area contributed by atoms with E-state index in [4.69, 9.17) is 0 Å². The molecule has 0 unspecified atom stereocenters. The van der Waals surface area contributed by atoms with Crippen LogP contribution in [0.3, 0.4) is 0 Å². The second-order valence-corrected chi connectivity index (χ2v) is 11.5. The third kappa shape index (κ3) is 3.42. The highest BCUT2D eigenvalue weighted by Crippen LogP contribution is 2.49. The van der Waals surface area contributed by atoms with Crippen LogP contribution in [0.5, 0.6) is 0 Å². The van der Waals surface area contributed by atoms with Gasteiger partial charge in [-0.2, -0.15) is 0 Å². The van der Waals surface area contributed by atoms with Crippen LogP contribution in [0.25, 0.3) is 0 Å². The molecule has 3 atom stereocenters. The fraction of sp³-hybridized carbons (Fsp3) is 0.727. The Hall–Kier alpha value is -1.07. The van der Waals surface area contributed by atoms with Crippen LogP contribution in [0.15, 0.2) is 18.2 Å². The van der Waals surface area contributed by atoms with Gasteiger partial charge in [0, 0.05) is 18.0 Å². The lowest BCUT2D eigenvalue weighted by atomic mass is 9.72. The molecule has 2 fully saturated rings. The average Bonchev–Trinajstić information content (AvgIpc) is 2.92. The van der Waals surface area contributed by atoms with Crippen LogP contribution in [0, 0.1) is 18.8 Å². The Kier molecular flexibility index (Phi) is 4.83. The Morgan fingerprint density at radius 3 is 2.48 bits per heavy atom. The van der Waals surface area contributed by atoms with Gasteiger partial charge >= 0.3 is 0 Å². The third-order valence-electron chi connectivity index (χ3n) is 7.48. The van der Waals surface area contributed by atoms with E-state index < -0.39 is 10.0 Å². The number of likely N-dealkylation sites (tertiary alicyclic amines) is 1. The largest absolute Gasteiger partial charge is 0.300 e. The standard InChI is InChI=1S/C22H34N2O2S/c1-16-6-8-20-19(13-16)22(15-24(20)27(4,25)26)9-11-23(12-10-22)21-14-17(2)5-7-18(21)3/h6,8,13,17-18,21H,5,7,9-12,14-15H2,1-4H3/t17-,18+,21+/m1/s1. The van der Waals surface area contributed by atoms with Crippen LogP contribution in [-0.4, -0.2) is 45.2 Å². The maximum atomic E-state index is 12.4. The zero-order chi connectivity index (χ0) is 19.4. The first-order valence-corrected chi connectivity index (χ1v) is 12.4. The maximum absolute atomic E-state index is 12.4. The van der Waals surface area contributed by atoms with Gasteiger partial charge in [0.25, 0.3) is 0 Å². The number of rotatable bonds is 2. The molecule has 1 saturated carbocycles. The molecule has 0 radical (unpaired) electrons. The Bertz CT molecular complexity index is 812. The highest BCUT2D eigenvalue weighted by molar-refractivity contribution is 7.92. The molecule has 0 aromatic heterocycles. The van der Waals surface area contributed by atoms with E-state index >= 15 is 0 Å². The van der Waals surface area contributed by atoms with Crippen molar-refractivity contribution in [2.24, 2.45) is 11.8 Å². The number of hydrogen-bond donors (Lipinski definition) is 0. The summed E-state index contributed by atoms with van der Waals surface area (Å²) in [4.78, 5) is 2.71. The molecular formula is C22H34N2O2S. The first-order chi connectivity index (χ1) is 12.7. The molecule has 27 heavy (non-hydrogen) atoms. The lowest BCUT2D eigenvalue weighted by molar-refractivity contribution is 0.0535. The van der Waals surface area contributed by atoms with Crippen LogP contribution < -0.4 is 4.31 Å². The molecule has 2 heterocycles. The van der Waals surface area contributed by atoms with E-state index in [0.29, 0.717) is 12.6 Å². The smallest absolute Gasteiger partial charge is 0.232 e. The molecule has 1 saturated heterocycles. The molecule has 4 rings (SSSR count). The van der Waals surface area contributed by atoms with Crippen molar-refractivity contribution in [3.63, 3.8) is 0 Å². The summed E-state index contributed by atoms with van der Waals surface area (Å²) in [5.74, 6) is 1.61. The quantitative estimate of drug-likeness (QED) is 0.768. The molecule has 0 N–H and O–H groups in total. The number of nitrogens with zero attached hydrogens (tertiary/aromatic N) is 2. The highest BCUT2D eigenvalue weighted by atomic mass is 32.2. The number of sulfonamides is 1. The summed E-state index contributed by atoms with van der Waals surface area (Å²) in [5.41, 5.74) is 3.39. The Labute approximate surface area is 165 Å². The van der Waals surface area contributed by atoms with Crippen molar-refractivity contribution in [1.29, 1.82) is 0 Å². The van der Waals surface area contributed by atoms with Gasteiger partial charge in [0.05, 0.1) is 11.9 Å². The second-order valence-electron chi connectivity index (χ2n) is 9.57. The molecule has 1 aromatic carbocycles. The average molecular weight is 391 g/mol. The van der Waals surface area contributed by atoms with E-state index in [1.54, 1.807) is 4.31 Å². The molecule has 2 aliphatic heterocycles. The van der Waals surface area contributed by atoms with Crippen molar-refractivity contribution in [2.45, 2.75) is 64.3 Å². The SMILES string of the molecule is Cc1ccc2c(c1)C1(CCN([C@H]3C[C@H](C)CC[C@@H]3C)CC1)CN2S(C)(=O)=O. The molecule has 150 valence electrons. The second kappa shape index (κ2) is 6.77. The van der Waals surface area contributed by atoms with E-state index in [-0.39, 0.29) is 5.41 Å². The summed E-state index contributed by atoms with van der Waals surface area (Å²) in [6.45, 7) is 9.72. The molecular weight excluding hydrogens is 356 g/mol. The number of aryl methyl sites for hydroxylation is 1. The molecule has 1 aromatic rings. The summed E-state index contributed by atoms with van der Waals surface area (Å²) in [7, 11) is -3.23. The van der Waals surface area contributed by atoms with Crippen molar-refractivity contribution in [1.82, 2.24) is 4.90 Å². The van der Waals surface area contributed by atoms with Gasteiger partial charge in [0.2, 0.25) is 10.0 Å². The molecule has 3 aliphatic rings. The lowest BCUT2D eigenvalue weighted by Gasteiger charge is -2.47. The normalized spacial score (nSPS) is 31.3. The van der Waals surface area contributed by atoms with Gasteiger partial charge in [-0.1, -0.05) is 38.0 Å². The van der Waals surface area contributed by atoms with E-state index in [2.05, 4.69) is 31.7 Å². The Balaban J connectivity index is 1.58. The summed E-state index contributed by atoms with van der Waals surface area (Å²) in [6.07, 6.45) is 7.50. The van der Waals surface area contributed by atoms with Gasteiger partial charge in [-0.3, -0.25) is 4.31 Å². The molecule has 5 heteroatoms. The number of benzene rings is 1. The molecule has 1 aliphatic carbocycles. The third-order valence-corrected chi connectivity index (χ3v) is 8.60. The maximum Gasteiger partial charge on any atom is 0.232 e. The Morgan fingerprint density at radius 2 is 1.81 bits per heavy atom. The van der Waals surface area contributed by atoms with Crippen molar-refractivity contribution in [3.05, 3.63) is 29.3 Å². The number of fused-ring (bicyclic) bond motifs is 2. The first-order valence-electron chi connectivity index (χ1n) is 10.5. The minimum atomic E-state index is -3.23. The van der Waals surface area contributed by atoms with Crippen molar-refractivity contribution >= 4 is 15.7 Å². The zero-order valence-electron chi connectivity index (χ0n) is 17.2. The van der Waals surface area contributed by atoms with E-state index in [1.165, 1.54) is 36.6 Å². The fourth-order valence-corrected chi connectivity index (χ4v) is 6.75. The van der Waals surface area contributed by atoms with E-state index in [1.807, 2.05) is 12.1 Å². The lowest BCUT2D eigenvalue weighted by Crippen LogP contribution is -2.51. The number of anilines is 1. The van der Waals surface area contributed by atoms with E-state index in [9.17, 15) is 8.42 Å². The number of hydrogen-bond acceptors (Lipinski definition) is 3. The van der Waals surface area contributed by atoms with Crippen LogP contribution in [0.4, 0.5) is 5.69 Å². The van der Waals surface area contributed by atoms with Crippen LogP contribution in [0.2, 0.25) is 0 Å². The van der Waals surface area contributed by atoms with Gasteiger partial charge in [0.1, 0.15) is 0 Å². The summed E-state index contributed by atoms with van der Waals surface area (Å²) in [6, 6.07) is 6.99. The van der Waals surface area contributed by atoms with E-state index in [0.717, 1.165) is 43.5 Å². The topological polar surface area (TPSA) is 40.6 Å². The van der Waals surface area contributed by atoms with Crippen molar-refractivity contribution in [3.8, 4) is 0 Å². The van der Waals surface area contributed by atoms with Gasteiger partial charge in [-0.05, 0) is 69.2 Å². The van der Waals surface area contributed by atoms with Gasteiger partial charge < -0.3 is 4.90 Å². The minimum absolute atomic E-state index is 0.00947. The monoisotopic (exact) mass is 390 g/mol. The number of piperidine rings is 1. The first kappa shape index (κ1) is 19.3. The highest BCUT2D eigenvalue weighted by Gasteiger charge is 2.48. The van der Waals surface area contributed by atoms with Crippen LogP contribution in [-0.2, 0) is 15.4 Å². The molecule has 0 amide bonds. The summed E-state index contributed by atoms with van der Waals surface area (Å²) in [5, 5.41) is 0. The molecule has 1 spiro atoms. The Morgan fingerprint density at radius 1 is 1.11 bits per heavy atom. The zero-order valence-corrected chi connectivity index (χ0v) is 18.1. The van der Waals surface area contributed by atoms with Gasteiger partial charge in [0.15, 0.2) is 0 Å². The predicted octanol–water partition coefficient (Wildman–Crippen LogP) is 3.93.